The topological polar surface area (TPSA) is 116 Å². The normalized spacial score (nSPS) is 12.8. The van der Waals surface area contributed by atoms with Crippen LogP contribution in [-0.2, 0) is 14.2 Å². The molecule has 4 N–H and O–H groups in total. The predicted molar refractivity (Wildman–Crippen MR) is 93.4 cm³/mol. The first-order chi connectivity index (χ1) is 11.0. The number of hydrogen-bond acceptors (Lipinski definition) is 3. The Morgan fingerprint density at radius 1 is 1.21 bits per heavy atom. The summed E-state index contributed by atoms with van der Waals surface area (Å²) >= 11 is 11.6. The maximum absolute atomic E-state index is 12.0. The van der Waals surface area contributed by atoms with Crippen molar-refractivity contribution in [1.29, 1.82) is 0 Å². The summed E-state index contributed by atoms with van der Waals surface area (Å²) in [5, 5.41) is 5.33. The highest BCUT2D eigenvalue weighted by atomic mass is 35.5. The highest BCUT2D eigenvalue weighted by Crippen LogP contribution is 2.44. The van der Waals surface area contributed by atoms with Crippen molar-refractivity contribution in [2.24, 2.45) is 5.92 Å². The van der Waals surface area contributed by atoms with E-state index in [-0.39, 0.29) is 17.4 Å². The number of halogens is 2. The number of carbonyl (C=O) groups is 2. The van der Waals surface area contributed by atoms with Gasteiger partial charge >= 0.3 is 7.60 Å². The van der Waals surface area contributed by atoms with Crippen LogP contribution in [0.2, 0.25) is 10.0 Å². The van der Waals surface area contributed by atoms with Gasteiger partial charge in [-0.2, -0.15) is 0 Å². The van der Waals surface area contributed by atoms with E-state index in [1.807, 2.05) is 0 Å². The molecular weight excluding hydrogens is 378 g/mol. The van der Waals surface area contributed by atoms with Crippen LogP contribution in [0.3, 0.4) is 0 Å². The second kappa shape index (κ2) is 8.83. The third-order valence-corrected chi connectivity index (χ3v) is 5.03. The zero-order valence-corrected chi connectivity index (χ0v) is 15.5. The summed E-state index contributed by atoms with van der Waals surface area (Å²) in [5.74, 6) is -1.50. The first-order valence-corrected chi connectivity index (χ1v) is 9.52. The van der Waals surface area contributed by atoms with Gasteiger partial charge in [0.25, 0.3) is 0 Å². The second-order valence-corrected chi connectivity index (χ2v) is 8.25. The molecule has 0 spiro atoms. The van der Waals surface area contributed by atoms with E-state index in [9.17, 15) is 23.9 Å². The molecule has 0 aromatic heterocycles. The Hall–Kier alpha value is -1.11. The lowest BCUT2D eigenvalue weighted by molar-refractivity contribution is -0.124. The summed E-state index contributed by atoms with van der Waals surface area (Å²) in [5.41, 5.74) is -1.09. The molecule has 1 atom stereocenters. The molecule has 1 unspecified atom stereocenters. The highest BCUT2D eigenvalue weighted by molar-refractivity contribution is 7.53. The van der Waals surface area contributed by atoms with E-state index in [0.717, 1.165) is 0 Å². The van der Waals surface area contributed by atoms with Crippen LogP contribution in [0.25, 0.3) is 0 Å². The molecule has 7 nitrogen and oxygen atoms in total. The minimum absolute atomic E-state index is 0.0184. The Bertz CT molecular complexity index is 663. The summed E-state index contributed by atoms with van der Waals surface area (Å²) in [4.78, 5) is 42.3. The van der Waals surface area contributed by atoms with Crippen LogP contribution in [0.5, 0.6) is 0 Å². The van der Waals surface area contributed by atoms with Gasteiger partial charge in [-0.15, -0.1) is 0 Å². The highest BCUT2D eigenvalue weighted by Gasteiger charge is 2.36. The lowest BCUT2D eigenvalue weighted by atomic mass is 10.1. The van der Waals surface area contributed by atoms with Crippen LogP contribution >= 0.6 is 30.8 Å². The van der Waals surface area contributed by atoms with Gasteiger partial charge in [0.15, 0.2) is 0 Å². The van der Waals surface area contributed by atoms with E-state index >= 15 is 0 Å². The summed E-state index contributed by atoms with van der Waals surface area (Å²) in [6.07, 6.45) is 0.0184. The van der Waals surface area contributed by atoms with Gasteiger partial charge in [-0.1, -0.05) is 37.0 Å². The summed E-state index contributed by atoms with van der Waals surface area (Å²) in [6, 6.07) is 4.48. The molecule has 1 aromatic carbocycles. The van der Waals surface area contributed by atoms with Crippen molar-refractivity contribution in [3.05, 3.63) is 28.2 Å². The van der Waals surface area contributed by atoms with E-state index in [1.54, 1.807) is 13.8 Å². The van der Waals surface area contributed by atoms with Gasteiger partial charge in [0.2, 0.25) is 11.8 Å². The van der Waals surface area contributed by atoms with Crippen molar-refractivity contribution in [2.75, 3.05) is 11.9 Å². The molecule has 24 heavy (non-hydrogen) atoms. The number of nitrogens with one attached hydrogen (secondary N) is 2. The molecule has 1 rings (SSSR count). The molecule has 0 heterocycles. The summed E-state index contributed by atoms with van der Waals surface area (Å²) < 4.78 is 11.4. The van der Waals surface area contributed by atoms with Crippen LogP contribution in [0.15, 0.2) is 18.2 Å². The maximum Gasteiger partial charge on any atom is 0.337 e. The SMILES string of the molecule is CC(C)CC(C(=O)NCC(=O)Nc1ccc(Cl)c(Cl)c1)P(=O)(O)O. The maximum atomic E-state index is 12.0. The third-order valence-electron chi connectivity index (χ3n) is 3.03. The molecule has 10 heteroatoms. The molecular formula is C14H19Cl2N2O5P. The zero-order chi connectivity index (χ0) is 18.5. The Labute approximate surface area is 149 Å². The molecule has 0 saturated heterocycles. The van der Waals surface area contributed by atoms with Crippen molar-refractivity contribution in [3.8, 4) is 0 Å². The minimum Gasteiger partial charge on any atom is -0.346 e. The molecule has 0 aliphatic carbocycles. The average molecular weight is 397 g/mol. The fraction of sp³-hybridized carbons (Fsp3) is 0.429. The summed E-state index contributed by atoms with van der Waals surface area (Å²) in [6.45, 7) is 3.06. The lowest BCUT2D eigenvalue weighted by Crippen LogP contribution is -2.39. The minimum atomic E-state index is -4.60. The smallest absolute Gasteiger partial charge is 0.337 e. The summed E-state index contributed by atoms with van der Waals surface area (Å²) in [7, 11) is -4.60. The fourth-order valence-electron chi connectivity index (χ4n) is 1.91. The Kier molecular flexibility index (Phi) is 7.70. The molecule has 0 bridgehead atoms. The van der Waals surface area contributed by atoms with E-state index in [0.29, 0.717) is 10.7 Å². The van der Waals surface area contributed by atoms with E-state index in [2.05, 4.69) is 10.6 Å². The molecule has 1 aromatic rings. The molecule has 134 valence electrons. The van der Waals surface area contributed by atoms with Gasteiger partial charge in [0.05, 0.1) is 16.6 Å². The van der Waals surface area contributed by atoms with E-state index in [4.69, 9.17) is 23.2 Å². The predicted octanol–water partition coefficient (Wildman–Crippen LogP) is 2.64. The molecule has 2 amide bonds. The fourth-order valence-corrected chi connectivity index (χ4v) is 3.30. The van der Waals surface area contributed by atoms with Gasteiger partial charge in [0, 0.05) is 5.69 Å². The molecule has 0 radical (unpaired) electrons. The van der Waals surface area contributed by atoms with Crippen molar-refractivity contribution < 1.29 is 23.9 Å². The number of rotatable bonds is 7. The number of anilines is 1. The van der Waals surface area contributed by atoms with E-state index in [1.165, 1.54) is 18.2 Å². The lowest BCUT2D eigenvalue weighted by Gasteiger charge is -2.19. The van der Waals surface area contributed by atoms with Crippen LogP contribution in [-0.4, -0.2) is 33.8 Å². The number of benzene rings is 1. The number of carbonyl (C=O) groups excluding carboxylic acids is 2. The van der Waals surface area contributed by atoms with Crippen molar-refractivity contribution in [2.45, 2.75) is 25.9 Å². The van der Waals surface area contributed by atoms with Crippen LogP contribution in [0.1, 0.15) is 20.3 Å². The van der Waals surface area contributed by atoms with Crippen molar-refractivity contribution >= 4 is 48.3 Å². The van der Waals surface area contributed by atoms with Crippen LogP contribution in [0, 0.1) is 5.92 Å². The second-order valence-electron chi connectivity index (χ2n) is 5.63. The Morgan fingerprint density at radius 2 is 1.83 bits per heavy atom. The molecule has 0 saturated carbocycles. The van der Waals surface area contributed by atoms with Crippen molar-refractivity contribution in [3.63, 3.8) is 0 Å². The first-order valence-electron chi connectivity index (χ1n) is 7.08. The number of hydrogen-bond donors (Lipinski definition) is 4. The monoisotopic (exact) mass is 396 g/mol. The molecule has 0 fully saturated rings. The average Bonchev–Trinajstić information content (AvgIpc) is 2.45. The first kappa shape index (κ1) is 20.9. The Morgan fingerprint density at radius 3 is 2.33 bits per heavy atom. The van der Waals surface area contributed by atoms with Gasteiger partial charge < -0.3 is 20.4 Å². The van der Waals surface area contributed by atoms with Crippen molar-refractivity contribution in [1.82, 2.24) is 5.32 Å². The molecule has 0 aliphatic heterocycles. The quantitative estimate of drug-likeness (QED) is 0.528. The van der Waals surface area contributed by atoms with E-state index < -0.39 is 31.6 Å². The van der Waals surface area contributed by atoms with Gasteiger partial charge in [-0.25, -0.2) is 0 Å². The molecule has 0 aliphatic rings. The van der Waals surface area contributed by atoms with Gasteiger partial charge in [-0.3, -0.25) is 14.2 Å². The van der Waals surface area contributed by atoms with Gasteiger partial charge in [0.1, 0.15) is 5.66 Å². The standard InChI is InChI=1S/C14H19Cl2N2O5P/c1-8(2)5-12(24(21,22)23)14(20)17-7-13(19)18-9-3-4-10(15)11(16)6-9/h3-4,6,8,12H,5,7H2,1-2H3,(H,17,20)(H,18,19)(H2,21,22,23). The third kappa shape index (κ3) is 6.79. The Balaban J connectivity index is 2.62. The van der Waals surface area contributed by atoms with Gasteiger partial charge in [-0.05, 0) is 30.5 Å². The zero-order valence-electron chi connectivity index (χ0n) is 13.1. The number of amides is 2. The largest absolute Gasteiger partial charge is 0.346 e. The van der Waals surface area contributed by atoms with Crippen LogP contribution in [0.4, 0.5) is 5.69 Å². The van der Waals surface area contributed by atoms with Crippen LogP contribution < -0.4 is 10.6 Å².